The molecule has 0 N–H and O–H groups in total. The van der Waals surface area contributed by atoms with Gasteiger partial charge in [-0.15, -0.1) is 10.2 Å². The number of thiophene rings is 1. The molecule has 0 spiro atoms. The highest BCUT2D eigenvalue weighted by molar-refractivity contribution is 7.98. The molecule has 0 aliphatic rings. The van der Waals surface area contributed by atoms with E-state index in [0.29, 0.717) is 22.5 Å². The zero-order valence-electron chi connectivity index (χ0n) is 13.1. The molecular formula is C16H12ClN5OS2. The van der Waals surface area contributed by atoms with Crippen molar-refractivity contribution in [3.8, 4) is 17.1 Å². The lowest BCUT2D eigenvalue weighted by molar-refractivity contribution is 0.425. The summed E-state index contributed by atoms with van der Waals surface area (Å²) < 4.78 is 7.18. The summed E-state index contributed by atoms with van der Waals surface area (Å²) >= 11 is 9.29. The van der Waals surface area contributed by atoms with Gasteiger partial charge < -0.3 is 4.52 Å². The van der Waals surface area contributed by atoms with Crippen LogP contribution in [0.5, 0.6) is 0 Å². The molecule has 3 heterocycles. The van der Waals surface area contributed by atoms with Gasteiger partial charge in [0.2, 0.25) is 0 Å². The summed E-state index contributed by atoms with van der Waals surface area (Å²) in [6.07, 6.45) is 1.66. The van der Waals surface area contributed by atoms with Gasteiger partial charge in [-0.3, -0.25) is 4.57 Å². The first-order chi connectivity index (χ1) is 12.2. The van der Waals surface area contributed by atoms with Crippen LogP contribution >= 0.6 is 34.7 Å². The highest BCUT2D eigenvalue weighted by Crippen LogP contribution is 2.26. The third-order valence-electron chi connectivity index (χ3n) is 3.52. The maximum Gasteiger partial charge on any atom is 0.258 e. The Labute approximate surface area is 156 Å². The van der Waals surface area contributed by atoms with Gasteiger partial charge in [0.25, 0.3) is 5.89 Å². The lowest BCUT2D eigenvalue weighted by atomic mass is 10.2. The van der Waals surface area contributed by atoms with Gasteiger partial charge in [-0.05, 0) is 36.1 Å². The number of aromatic nitrogens is 5. The van der Waals surface area contributed by atoms with Crippen molar-refractivity contribution in [2.75, 3.05) is 0 Å². The number of nitrogens with zero attached hydrogens (tertiary/aromatic N) is 5. The normalized spacial score (nSPS) is 11.1. The average Bonchev–Trinajstić information content (AvgIpc) is 3.36. The van der Waals surface area contributed by atoms with Gasteiger partial charge in [0, 0.05) is 10.4 Å². The van der Waals surface area contributed by atoms with Crippen molar-refractivity contribution in [3.63, 3.8) is 0 Å². The number of hydrogen-bond donors (Lipinski definition) is 0. The van der Waals surface area contributed by atoms with Crippen LogP contribution in [0.25, 0.3) is 17.1 Å². The van der Waals surface area contributed by atoms with E-state index in [1.165, 1.54) is 11.8 Å². The van der Waals surface area contributed by atoms with E-state index in [-0.39, 0.29) is 0 Å². The van der Waals surface area contributed by atoms with E-state index in [2.05, 4.69) is 20.3 Å². The largest absolute Gasteiger partial charge is 0.334 e. The molecule has 0 aliphatic heterocycles. The third-order valence-corrected chi connectivity index (χ3v) is 5.55. The van der Waals surface area contributed by atoms with E-state index < -0.39 is 0 Å². The van der Waals surface area contributed by atoms with Gasteiger partial charge in [0.05, 0.1) is 17.0 Å². The summed E-state index contributed by atoms with van der Waals surface area (Å²) in [7, 11) is 0. The predicted molar refractivity (Wildman–Crippen MR) is 98.3 cm³/mol. The monoisotopic (exact) mass is 389 g/mol. The fourth-order valence-electron chi connectivity index (χ4n) is 2.18. The van der Waals surface area contributed by atoms with E-state index in [1.807, 2.05) is 46.5 Å². The van der Waals surface area contributed by atoms with Gasteiger partial charge in [0.15, 0.2) is 11.0 Å². The summed E-state index contributed by atoms with van der Waals surface area (Å²) in [5.41, 5.74) is 2.88. The molecule has 25 heavy (non-hydrogen) atoms. The zero-order chi connectivity index (χ0) is 17.2. The quantitative estimate of drug-likeness (QED) is 0.463. The molecular weight excluding hydrogens is 378 g/mol. The van der Waals surface area contributed by atoms with E-state index in [1.54, 1.807) is 17.7 Å². The summed E-state index contributed by atoms with van der Waals surface area (Å²) in [5, 5.41) is 17.6. The van der Waals surface area contributed by atoms with Crippen molar-refractivity contribution in [1.82, 2.24) is 24.9 Å². The van der Waals surface area contributed by atoms with Crippen LogP contribution in [-0.4, -0.2) is 24.9 Å². The molecule has 0 bridgehead atoms. The molecule has 4 rings (SSSR count). The highest BCUT2D eigenvalue weighted by Gasteiger charge is 2.13. The predicted octanol–water partition coefficient (Wildman–Crippen LogP) is 4.63. The molecule has 0 radical (unpaired) electrons. The van der Waals surface area contributed by atoms with Crippen LogP contribution in [-0.2, 0) is 5.75 Å². The standard InChI is InChI=1S/C16H12ClN5OS2/c1-10-2-3-12(6-13(10)17)22-9-18-20-16(22)25-8-14-19-15(23-21-14)11-4-5-24-7-11/h2-7,9H,8H2,1H3. The molecule has 6 nitrogen and oxygen atoms in total. The van der Waals surface area contributed by atoms with Crippen LogP contribution in [0.2, 0.25) is 5.02 Å². The Morgan fingerprint density at radius 1 is 1.32 bits per heavy atom. The fourth-order valence-corrected chi connectivity index (χ4v) is 3.75. The van der Waals surface area contributed by atoms with Gasteiger partial charge >= 0.3 is 0 Å². The minimum atomic E-state index is 0.531. The molecule has 0 aliphatic carbocycles. The molecule has 4 aromatic rings. The smallest absolute Gasteiger partial charge is 0.258 e. The molecule has 3 aromatic heterocycles. The van der Waals surface area contributed by atoms with Gasteiger partial charge in [-0.1, -0.05) is 34.6 Å². The summed E-state index contributed by atoms with van der Waals surface area (Å²) in [5.74, 6) is 1.68. The molecule has 0 amide bonds. The van der Waals surface area contributed by atoms with Crippen LogP contribution in [0.15, 0.2) is 51.0 Å². The van der Waals surface area contributed by atoms with Crippen molar-refractivity contribution >= 4 is 34.7 Å². The lowest BCUT2D eigenvalue weighted by Crippen LogP contribution is -1.96. The second-order valence-electron chi connectivity index (χ2n) is 5.23. The third kappa shape index (κ3) is 3.46. The van der Waals surface area contributed by atoms with Gasteiger partial charge in [0.1, 0.15) is 6.33 Å². The second-order valence-corrected chi connectivity index (χ2v) is 7.36. The number of hydrogen-bond acceptors (Lipinski definition) is 7. The molecule has 9 heteroatoms. The Balaban J connectivity index is 1.51. The SMILES string of the molecule is Cc1ccc(-n2cnnc2SCc2noc(-c3ccsc3)n2)cc1Cl. The first-order valence-corrected chi connectivity index (χ1v) is 9.66. The zero-order valence-corrected chi connectivity index (χ0v) is 15.5. The minimum absolute atomic E-state index is 0.531. The summed E-state index contributed by atoms with van der Waals surface area (Å²) in [6, 6.07) is 7.80. The van der Waals surface area contributed by atoms with Crippen LogP contribution in [0.3, 0.4) is 0 Å². The Bertz CT molecular complexity index is 996. The molecule has 1 aromatic carbocycles. The second kappa shape index (κ2) is 6.99. The number of rotatable bonds is 5. The maximum atomic E-state index is 6.22. The Kier molecular flexibility index (Phi) is 4.56. The minimum Gasteiger partial charge on any atom is -0.334 e. The molecule has 126 valence electrons. The lowest BCUT2D eigenvalue weighted by Gasteiger charge is -2.07. The molecule has 0 saturated heterocycles. The van der Waals surface area contributed by atoms with Crippen molar-refractivity contribution in [3.05, 3.63) is 57.8 Å². The molecule has 0 saturated carbocycles. The van der Waals surface area contributed by atoms with Crippen molar-refractivity contribution in [2.45, 2.75) is 17.8 Å². The van der Waals surface area contributed by atoms with Crippen LogP contribution < -0.4 is 0 Å². The Hall–Kier alpha value is -2.16. The number of aryl methyl sites for hydroxylation is 1. The van der Waals surface area contributed by atoms with E-state index in [9.17, 15) is 0 Å². The Morgan fingerprint density at radius 3 is 3.04 bits per heavy atom. The van der Waals surface area contributed by atoms with Gasteiger partial charge in [-0.25, -0.2) is 0 Å². The Morgan fingerprint density at radius 2 is 2.24 bits per heavy atom. The van der Waals surface area contributed by atoms with E-state index in [4.69, 9.17) is 16.1 Å². The van der Waals surface area contributed by atoms with Crippen LogP contribution in [0, 0.1) is 6.92 Å². The molecule has 0 unspecified atom stereocenters. The first kappa shape index (κ1) is 16.3. The number of benzene rings is 1. The van der Waals surface area contributed by atoms with Crippen molar-refractivity contribution in [1.29, 1.82) is 0 Å². The highest BCUT2D eigenvalue weighted by atomic mass is 35.5. The summed E-state index contributed by atoms with van der Waals surface area (Å²) in [6.45, 7) is 1.97. The maximum absolute atomic E-state index is 6.22. The average molecular weight is 390 g/mol. The first-order valence-electron chi connectivity index (χ1n) is 7.35. The fraction of sp³-hybridized carbons (Fsp3) is 0.125. The van der Waals surface area contributed by atoms with E-state index >= 15 is 0 Å². The number of halogens is 1. The van der Waals surface area contributed by atoms with E-state index in [0.717, 1.165) is 22.0 Å². The number of thioether (sulfide) groups is 1. The molecule has 0 atom stereocenters. The topological polar surface area (TPSA) is 69.6 Å². The van der Waals surface area contributed by atoms with Crippen molar-refractivity contribution < 1.29 is 4.52 Å². The van der Waals surface area contributed by atoms with Crippen molar-refractivity contribution in [2.24, 2.45) is 0 Å². The van der Waals surface area contributed by atoms with Crippen LogP contribution in [0.4, 0.5) is 0 Å². The van der Waals surface area contributed by atoms with Crippen LogP contribution in [0.1, 0.15) is 11.4 Å². The van der Waals surface area contributed by atoms with Gasteiger partial charge in [-0.2, -0.15) is 16.3 Å². The molecule has 0 fully saturated rings. The summed E-state index contributed by atoms with van der Waals surface area (Å²) in [4.78, 5) is 4.41.